The van der Waals surface area contributed by atoms with Gasteiger partial charge in [0, 0.05) is 17.0 Å². The number of aryl methyl sites for hydroxylation is 2. The van der Waals surface area contributed by atoms with E-state index in [2.05, 4.69) is 20.3 Å². The molecule has 2 N–H and O–H groups in total. The van der Waals surface area contributed by atoms with Crippen LogP contribution in [-0.2, 0) is 17.9 Å². The van der Waals surface area contributed by atoms with E-state index in [1.54, 1.807) is 31.2 Å². The number of hydrogen-bond acceptors (Lipinski definition) is 6. The van der Waals surface area contributed by atoms with E-state index in [0.29, 0.717) is 27.1 Å². The summed E-state index contributed by atoms with van der Waals surface area (Å²) < 4.78 is 0.963. The number of carboxylic acid groups (broad SMARTS) is 1. The fraction of sp³-hybridized carbons (Fsp3) is 0.182. The monoisotopic (exact) mass is 451 g/mol. The van der Waals surface area contributed by atoms with Crippen LogP contribution in [0.5, 0.6) is 0 Å². The van der Waals surface area contributed by atoms with Gasteiger partial charge in [-0.15, -0.1) is 0 Å². The quantitative estimate of drug-likeness (QED) is 0.446. The van der Waals surface area contributed by atoms with Crippen molar-refractivity contribution in [1.29, 1.82) is 0 Å². The van der Waals surface area contributed by atoms with E-state index in [9.17, 15) is 19.5 Å². The Balaban J connectivity index is 1.86. The van der Waals surface area contributed by atoms with Gasteiger partial charge >= 0.3 is 5.97 Å². The highest BCUT2D eigenvalue weighted by Gasteiger charge is 2.20. The van der Waals surface area contributed by atoms with Gasteiger partial charge in [-0.2, -0.15) is 0 Å². The van der Waals surface area contributed by atoms with Crippen molar-refractivity contribution in [3.63, 3.8) is 0 Å². The molecule has 0 fully saturated rings. The van der Waals surface area contributed by atoms with Crippen molar-refractivity contribution in [2.75, 3.05) is 0 Å². The van der Waals surface area contributed by atoms with Crippen molar-refractivity contribution < 1.29 is 14.7 Å². The van der Waals surface area contributed by atoms with Gasteiger partial charge in [0.1, 0.15) is 28.8 Å². The zero-order valence-corrected chi connectivity index (χ0v) is 18.0. The first-order chi connectivity index (χ1) is 15.2. The fourth-order valence-corrected chi connectivity index (χ4v) is 3.45. The number of hydrogen-bond donors (Lipinski definition) is 2. The lowest BCUT2D eigenvalue weighted by molar-refractivity contribution is -0.137. The lowest BCUT2D eigenvalue weighted by Gasteiger charge is -2.13. The van der Waals surface area contributed by atoms with Gasteiger partial charge in [0.05, 0.1) is 17.6 Å². The largest absolute Gasteiger partial charge is 0.480 e. The maximum Gasteiger partial charge on any atom is 0.323 e. The van der Waals surface area contributed by atoms with Gasteiger partial charge in [-0.05, 0) is 37.6 Å². The molecular weight excluding hydrogens is 434 g/mol. The molecule has 0 atom stereocenters. The minimum absolute atomic E-state index is 0.122. The van der Waals surface area contributed by atoms with Gasteiger partial charge in [-0.1, -0.05) is 23.7 Å². The van der Waals surface area contributed by atoms with Gasteiger partial charge in [-0.3, -0.25) is 19.0 Å². The second-order valence-electron chi connectivity index (χ2n) is 7.28. The van der Waals surface area contributed by atoms with Crippen molar-refractivity contribution in [3.8, 4) is 0 Å². The number of carboxylic acids is 1. The van der Waals surface area contributed by atoms with Crippen molar-refractivity contribution in [2.24, 2.45) is 0 Å². The third-order valence-electron chi connectivity index (χ3n) is 5.06. The molecule has 1 amide bonds. The van der Waals surface area contributed by atoms with Crippen LogP contribution < -0.4 is 10.9 Å². The molecule has 0 aliphatic carbocycles. The summed E-state index contributed by atoms with van der Waals surface area (Å²) in [7, 11) is 0. The third-order valence-corrected chi connectivity index (χ3v) is 5.32. The SMILES string of the molecule is Cc1nc2cnc3c(cc(C(=O)NCc4ccc(Cl)cc4)c(=O)n3CC(=O)O)c2nc1C. The molecule has 3 heterocycles. The number of halogens is 1. The predicted octanol–water partition coefficient (Wildman–Crippen LogP) is 2.62. The molecule has 4 aromatic rings. The van der Waals surface area contributed by atoms with Crippen LogP contribution in [0, 0.1) is 13.8 Å². The molecule has 9 nitrogen and oxygen atoms in total. The Kier molecular flexibility index (Phi) is 5.58. The molecule has 162 valence electrons. The molecular formula is C22H18ClN5O4. The van der Waals surface area contributed by atoms with Crippen molar-refractivity contribution in [2.45, 2.75) is 26.9 Å². The normalized spacial score (nSPS) is 11.1. The number of aliphatic carboxylic acids is 1. The Bertz CT molecular complexity index is 1450. The van der Waals surface area contributed by atoms with Crippen LogP contribution in [0.3, 0.4) is 0 Å². The summed E-state index contributed by atoms with van der Waals surface area (Å²) in [5, 5.41) is 12.9. The number of rotatable bonds is 5. The van der Waals surface area contributed by atoms with Crippen LogP contribution in [-0.4, -0.2) is 36.5 Å². The zero-order valence-electron chi connectivity index (χ0n) is 17.2. The van der Waals surface area contributed by atoms with Crippen molar-refractivity contribution in [3.05, 3.63) is 74.4 Å². The summed E-state index contributed by atoms with van der Waals surface area (Å²) in [4.78, 5) is 50.6. The first kappa shape index (κ1) is 21.4. The Morgan fingerprint density at radius 1 is 1.12 bits per heavy atom. The average molecular weight is 452 g/mol. The first-order valence-electron chi connectivity index (χ1n) is 9.66. The number of aromatic nitrogens is 4. The van der Waals surface area contributed by atoms with E-state index in [1.807, 2.05) is 6.92 Å². The number of nitrogens with zero attached hydrogens (tertiary/aromatic N) is 4. The first-order valence-corrected chi connectivity index (χ1v) is 10.0. The summed E-state index contributed by atoms with van der Waals surface area (Å²) in [5.41, 5.74) is 2.26. The van der Waals surface area contributed by atoms with Gasteiger partial charge in [0.15, 0.2) is 0 Å². The Labute approximate surface area is 186 Å². The van der Waals surface area contributed by atoms with E-state index in [0.717, 1.165) is 15.8 Å². The minimum atomic E-state index is -1.24. The lowest BCUT2D eigenvalue weighted by Crippen LogP contribution is -2.34. The van der Waals surface area contributed by atoms with Crippen LogP contribution in [0.1, 0.15) is 27.3 Å². The molecule has 0 saturated heterocycles. The molecule has 0 aliphatic rings. The number of benzene rings is 1. The molecule has 10 heteroatoms. The van der Waals surface area contributed by atoms with Crippen LogP contribution >= 0.6 is 11.6 Å². The molecule has 32 heavy (non-hydrogen) atoms. The molecule has 0 unspecified atom stereocenters. The topological polar surface area (TPSA) is 127 Å². The second-order valence-corrected chi connectivity index (χ2v) is 7.71. The lowest BCUT2D eigenvalue weighted by atomic mass is 10.1. The van der Waals surface area contributed by atoms with Crippen LogP contribution in [0.2, 0.25) is 5.02 Å². The van der Waals surface area contributed by atoms with Crippen LogP contribution in [0.15, 0.2) is 41.3 Å². The van der Waals surface area contributed by atoms with E-state index in [1.165, 1.54) is 12.3 Å². The van der Waals surface area contributed by atoms with Gasteiger partial charge < -0.3 is 10.4 Å². The number of carbonyl (C=O) groups is 2. The molecule has 0 radical (unpaired) electrons. The molecule has 3 aromatic heterocycles. The molecule has 0 spiro atoms. The summed E-state index contributed by atoms with van der Waals surface area (Å²) >= 11 is 5.88. The van der Waals surface area contributed by atoms with Gasteiger partial charge in [0.25, 0.3) is 11.5 Å². The summed E-state index contributed by atoms with van der Waals surface area (Å²) in [6.07, 6.45) is 1.44. The standard InChI is InChI=1S/C22H18ClN5O4/c1-11-12(2)27-19-15-7-16(21(31)25-8-13-3-5-14(23)6-4-13)22(32)28(10-18(29)30)20(15)24-9-17(19)26-11/h3-7,9H,8,10H2,1-2H3,(H,25,31)(H,29,30). The van der Waals surface area contributed by atoms with Crippen LogP contribution in [0.4, 0.5) is 0 Å². The molecule has 4 rings (SSSR count). The Hall–Kier alpha value is -3.85. The smallest absolute Gasteiger partial charge is 0.323 e. The number of amides is 1. The highest BCUT2D eigenvalue weighted by molar-refractivity contribution is 6.30. The van der Waals surface area contributed by atoms with Crippen molar-refractivity contribution >= 4 is 45.5 Å². The minimum Gasteiger partial charge on any atom is -0.480 e. The summed E-state index contributed by atoms with van der Waals surface area (Å²) in [6.45, 7) is 3.12. The third kappa shape index (κ3) is 4.02. The van der Waals surface area contributed by atoms with Gasteiger partial charge in [-0.25, -0.2) is 15.0 Å². The van der Waals surface area contributed by atoms with E-state index >= 15 is 0 Å². The second kappa shape index (κ2) is 8.35. The Morgan fingerprint density at radius 2 is 1.81 bits per heavy atom. The predicted molar refractivity (Wildman–Crippen MR) is 119 cm³/mol. The van der Waals surface area contributed by atoms with E-state index < -0.39 is 24.0 Å². The van der Waals surface area contributed by atoms with Crippen LogP contribution in [0.25, 0.3) is 22.1 Å². The molecule has 1 aromatic carbocycles. The average Bonchev–Trinajstić information content (AvgIpc) is 2.75. The maximum atomic E-state index is 13.0. The highest BCUT2D eigenvalue weighted by Crippen LogP contribution is 2.22. The highest BCUT2D eigenvalue weighted by atomic mass is 35.5. The number of carbonyl (C=O) groups excluding carboxylic acids is 1. The number of pyridine rings is 2. The van der Waals surface area contributed by atoms with Crippen molar-refractivity contribution in [1.82, 2.24) is 24.8 Å². The zero-order chi connectivity index (χ0) is 23.0. The maximum absolute atomic E-state index is 13.0. The number of nitrogens with one attached hydrogen (secondary N) is 1. The fourth-order valence-electron chi connectivity index (χ4n) is 3.33. The number of fused-ring (bicyclic) bond motifs is 3. The van der Waals surface area contributed by atoms with Gasteiger partial charge in [0.2, 0.25) is 0 Å². The summed E-state index contributed by atoms with van der Waals surface area (Å²) in [5.74, 6) is -1.88. The molecule has 0 bridgehead atoms. The summed E-state index contributed by atoms with van der Waals surface area (Å²) in [6, 6.07) is 8.29. The molecule has 0 saturated carbocycles. The molecule has 0 aliphatic heterocycles. The van der Waals surface area contributed by atoms with E-state index in [-0.39, 0.29) is 17.8 Å². The Morgan fingerprint density at radius 3 is 2.50 bits per heavy atom. The van der Waals surface area contributed by atoms with E-state index in [4.69, 9.17) is 11.6 Å².